The minimum atomic E-state index is -0.818. The molecular weight excluding hydrogens is 272 g/mol. The summed E-state index contributed by atoms with van der Waals surface area (Å²) < 4.78 is 4.53. The summed E-state index contributed by atoms with van der Waals surface area (Å²) >= 11 is 0. The summed E-state index contributed by atoms with van der Waals surface area (Å²) in [4.78, 5) is 35.3. The average molecular weight is 290 g/mol. The Morgan fingerprint density at radius 2 is 1.76 bits per heavy atom. The number of nitrogens with one attached hydrogen (secondary N) is 2. The Morgan fingerprint density at radius 1 is 1.14 bits per heavy atom. The number of esters is 1. The molecule has 2 N–H and O–H groups in total. The van der Waals surface area contributed by atoms with Crippen molar-refractivity contribution in [3.63, 3.8) is 0 Å². The van der Waals surface area contributed by atoms with Crippen LogP contribution < -0.4 is 10.6 Å². The molecule has 2 amide bonds. The van der Waals surface area contributed by atoms with Crippen LogP contribution in [0.4, 0.5) is 0 Å². The lowest BCUT2D eigenvalue weighted by molar-refractivity contribution is -0.138. The van der Waals surface area contributed by atoms with Gasteiger partial charge in [-0.2, -0.15) is 0 Å². The van der Waals surface area contributed by atoms with E-state index in [0.717, 1.165) is 13.3 Å². The van der Waals surface area contributed by atoms with E-state index in [1.165, 1.54) is 0 Å². The highest BCUT2D eigenvalue weighted by atomic mass is 16.5. The normalized spacial score (nSPS) is 11.0. The van der Waals surface area contributed by atoms with E-state index < -0.39 is 17.8 Å². The van der Waals surface area contributed by atoms with Gasteiger partial charge in [0, 0.05) is 17.8 Å². The molecule has 1 aromatic carbocycles. The number of amides is 2. The van der Waals surface area contributed by atoms with Gasteiger partial charge in [-0.15, -0.1) is 0 Å². The lowest BCUT2D eigenvalue weighted by Gasteiger charge is -2.10. The molecule has 0 aliphatic carbocycles. The summed E-state index contributed by atoms with van der Waals surface area (Å²) in [5.74, 6) is -1.85. The van der Waals surface area contributed by atoms with Crippen molar-refractivity contribution in [1.29, 1.82) is 0 Å². The van der Waals surface area contributed by atoms with Crippen molar-refractivity contribution in [3.8, 4) is 0 Å². The van der Waals surface area contributed by atoms with E-state index in [4.69, 9.17) is 0 Å². The maximum atomic E-state index is 11.9. The molecule has 6 nitrogen and oxygen atoms in total. The molecular formula is C15H18N2O4. The molecule has 0 aromatic heterocycles. The van der Waals surface area contributed by atoms with Crippen LogP contribution in [0.15, 0.2) is 42.1 Å². The molecule has 0 saturated carbocycles. The van der Waals surface area contributed by atoms with Crippen LogP contribution in [0.3, 0.4) is 0 Å². The number of methoxy groups -OCH3 is 1. The smallest absolute Gasteiger partial charge is 0.344 e. The first kappa shape index (κ1) is 16.4. The Kier molecular flexibility index (Phi) is 6.13. The fraction of sp³-hybridized carbons (Fsp3) is 0.267. The van der Waals surface area contributed by atoms with Crippen LogP contribution in [0.5, 0.6) is 0 Å². The second kappa shape index (κ2) is 7.84. The van der Waals surface area contributed by atoms with Crippen LogP contribution in [0.2, 0.25) is 0 Å². The number of carbonyl (C=O) groups is 3. The molecule has 0 radical (unpaired) electrons. The molecule has 0 aliphatic rings. The Hall–Kier alpha value is -2.63. The maximum absolute atomic E-state index is 11.9. The van der Waals surface area contributed by atoms with Crippen molar-refractivity contribution in [2.45, 2.75) is 19.9 Å². The predicted molar refractivity (Wildman–Crippen MR) is 77.3 cm³/mol. The summed E-state index contributed by atoms with van der Waals surface area (Å²) in [6, 6.07) is 8.30. The standard InChI is InChI=1S/C15H18N2O4/c1-10(2)17-14(19)12(15(20)21-3)9-16-13(18)11-7-5-4-6-8-11/h4-10H,1-3H3,(H,16,18)(H,17,19)/b12-9-. The van der Waals surface area contributed by atoms with Crippen molar-refractivity contribution in [3.05, 3.63) is 47.7 Å². The lowest BCUT2D eigenvalue weighted by atomic mass is 10.2. The van der Waals surface area contributed by atoms with E-state index in [2.05, 4.69) is 15.4 Å². The summed E-state index contributed by atoms with van der Waals surface area (Å²) in [7, 11) is 1.16. The van der Waals surface area contributed by atoms with Gasteiger partial charge in [0.15, 0.2) is 0 Å². The Morgan fingerprint density at radius 3 is 2.29 bits per heavy atom. The van der Waals surface area contributed by atoms with Crippen LogP contribution in [-0.4, -0.2) is 30.9 Å². The van der Waals surface area contributed by atoms with E-state index in [1.807, 2.05) is 0 Å². The zero-order valence-electron chi connectivity index (χ0n) is 12.2. The van der Waals surface area contributed by atoms with E-state index in [0.29, 0.717) is 5.56 Å². The van der Waals surface area contributed by atoms with Gasteiger partial charge in [-0.05, 0) is 26.0 Å². The monoisotopic (exact) mass is 290 g/mol. The molecule has 21 heavy (non-hydrogen) atoms. The third-order valence-corrected chi connectivity index (χ3v) is 2.45. The molecule has 0 fully saturated rings. The summed E-state index contributed by atoms with van der Waals surface area (Å²) in [5, 5.41) is 4.97. The molecule has 1 aromatic rings. The van der Waals surface area contributed by atoms with Gasteiger partial charge in [-0.1, -0.05) is 18.2 Å². The van der Waals surface area contributed by atoms with Crippen LogP contribution in [0, 0.1) is 0 Å². The highest BCUT2D eigenvalue weighted by Crippen LogP contribution is 2.01. The second-order valence-electron chi connectivity index (χ2n) is 4.52. The Bertz CT molecular complexity index is 550. The van der Waals surface area contributed by atoms with Crippen molar-refractivity contribution in [1.82, 2.24) is 10.6 Å². The third-order valence-electron chi connectivity index (χ3n) is 2.45. The highest BCUT2D eigenvalue weighted by molar-refractivity contribution is 6.16. The number of rotatable bonds is 5. The minimum Gasteiger partial charge on any atom is -0.465 e. The van der Waals surface area contributed by atoms with Crippen LogP contribution in [0.25, 0.3) is 0 Å². The fourth-order valence-corrected chi connectivity index (χ4v) is 1.48. The molecule has 0 atom stereocenters. The highest BCUT2D eigenvalue weighted by Gasteiger charge is 2.20. The van der Waals surface area contributed by atoms with E-state index in [1.54, 1.807) is 44.2 Å². The predicted octanol–water partition coefficient (Wildman–Crippen LogP) is 0.998. The maximum Gasteiger partial charge on any atom is 0.344 e. The quantitative estimate of drug-likeness (QED) is 0.367. The first-order valence-corrected chi connectivity index (χ1v) is 6.41. The van der Waals surface area contributed by atoms with Gasteiger partial charge in [-0.3, -0.25) is 9.59 Å². The van der Waals surface area contributed by atoms with E-state index in [9.17, 15) is 14.4 Å². The molecule has 1 rings (SSSR count). The zero-order valence-corrected chi connectivity index (χ0v) is 12.2. The van der Waals surface area contributed by atoms with Gasteiger partial charge in [-0.25, -0.2) is 4.79 Å². The number of carbonyl (C=O) groups excluding carboxylic acids is 3. The minimum absolute atomic E-state index is 0.143. The average Bonchev–Trinajstić information content (AvgIpc) is 2.47. The molecule has 0 saturated heterocycles. The number of ether oxygens (including phenoxy) is 1. The largest absolute Gasteiger partial charge is 0.465 e. The zero-order chi connectivity index (χ0) is 15.8. The van der Waals surface area contributed by atoms with E-state index >= 15 is 0 Å². The lowest BCUT2D eigenvalue weighted by Crippen LogP contribution is -2.35. The van der Waals surface area contributed by atoms with Crippen molar-refractivity contribution < 1.29 is 19.1 Å². The second-order valence-corrected chi connectivity index (χ2v) is 4.52. The van der Waals surface area contributed by atoms with Crippen LogP contribution in [-0.2, 0) is 14.3 Å². The van der Waals surface area contributed by atoms with Gasteiger partial charge in [0.05, 0.1) is 7.11 Å². The van der Waals surface area contributed by atoms with Crippen molar-refractivity contribution in [2.24, 2.45) is 0 Å². The Labute approximate surface area is 123 Å². The Balaban J connectivity index is 2.86. The van der Waals surface area contributed by atoms with E-state index in [-0.39, 0.29) is 11.6 Å². The van der Waals surface area contributed by atoms with Crippen LogP contribution in [0.1, 0.15) is 24.2 Å². The van der Waals surface area contributed by atoms with Gasteiger partial charge < -0.3 is 15.4 Å². The van der Waals surface area contributed by atoms with Gasteiger partial charge >= 0.3 is 5.97 Å². The first-order chi connectivity index (χ1) is 9.95. The van der Waals surface area contributed by atoms with Crippen molar-refractivity contribution in [2.75, 3.05) is 7.11 Å². The molecule has 0 aliphatic heterocycles. The molecule has 0 heterocycles. The summed E-state index contributed by atoms with van der Waals surface area (Å²) in [5.41, 5.74) is 0.151. The van der Waals surface area contributed by atoms with Crippen molar-refractivity contribution >= 4 is 17.8 Å². The topological polar surface area (TPSA) is 84.5 Å². The molecule has 112 valence electrons. The number of hydrogen-bond donors (Lipinski definition) is 2. The van der Waals surface area contributed by atoms with Gasteiger partial charge in [0.2, 0.25) is 0 Å². The number of hydrogen-bond acceptors (Lipinski definition) is 4. The molecule has 6 heteroatoms. The molecule has 0 bridgehead atoms. The third kappa shape index (κ3) is 5.10. The fourth-order valence-electron chi connectivity index (χ4n) is 1.48. The summed E-state index contributed by atoms with van der Waals surface area (Å²) in [6.45, 7) is 3.52. The summed E-state index contributed by atoms with van der Waals surface area (Å²) in [6.07, 6.45) is 1.05. The first-order valence-electron chi connectivity index (χ1n) is 6.41. The molecule has 0 unspecified atom stereocenters. The SMILES string of the molecule is COC(=O)/C(=C\NC(=O)c1ccccc1)C(=O)NC(C)C. The van der Waals surface area contributed by atoms with Gasteiger partial charge in [0.25, 0.3) is 11.8 Å². The van der Waals surface area contributed by atoms with Crippen LogP contribution >= 0.6 is 0 Å². The van der Waals surface area contributed by atoms with Gasteiger partial charge in [0.1, 0.15) is 5.57 Å². The molecule has 0 spiro atoms. The number of benzene rings is 1.